The van der Waals surface area contributed by atoms with Gasteiger partial charge >= 0.3 is 11.9 Å². The summed E-state index contributed by atoms with van der Waals surface area (Å²) in [5.74, 6) is 0.895. The molecule has 0 saturated carbocycles. The minimum atomic E-state index is -0.407. The van der Waals surface area contributed by atoms with Crippen LogP contribution in [0, 0.1) is 11.8 Å². The van der Waals surface area contributed by atoms with Gasteiger partial charge in [-0.05, 0) is 47.9 Å². The second-order valence-corrected chi connectivity index (χ2v) is 9.86. The first-order valence-electron chi connectivity index (χ1n) is 12.8. The minimum absolute atomic E-state index is 0.190. The lowest BCUT2D eigenvalue weighted by Crippen LogP contribution is -2.18. The zero-order valence-corrected chi connectivity index (χ0v) is 22.3. The molecule has 3 rings (SSSR count). The second kappa shape index (κ2) is 12.6. The fourth-order valence-electron chi connectivity index (χ4n) is 3.86. The average molecular weight is 495 g/mol. The molecule has 0 spiro atoms. The van der Waals surface area contributed by atoms with Gasteiger partial charge in [0.2, 0.25) is 0 Å². The van der Waals surface area contributed by atoms with Crippen LogP contribution in [0.25, 0.3) is 21.5 Å². The number of fused-ring (bicyclic) bond motifs is 2. The van der Waals surface area contributed by atoms with Gasteiger partial charge in [0.1, 0.15) is 11.5 Å². The molecule has 0 atom stereocenters. The molecule has 36 heavy (non-hydrogen) atoms. The summed E-state index contributed by atoms with van der Waals surface area (Å²) in [6.45, 7) is 12.5. The summed E-state index contributed by atoms with van der Waals surface area (Å²) in [4.78, 5) is 24.7. The summed E-state index contributed by atoms with van der Waals surface area (Å²) in [5, 5.41) is 3.28. The Hall–Kier alpha value is -3.28. The Morgan fingerprint density at radius 3 is 1.36 bits per heavy atom. The number of hydrogen-bond acceptors (Lipinski definition) is 6. The van der Waals surface area contributed by atoms with Crippen molar-refractivity contribution in [3.63, 3.8) is 0 Å². The Balaban J connectivity index is 2.08. The van der Waals surface area contributed by atoms with Gasteiger partial charge in [0.25, 0.3) is 0 Å². The van der Waals surface area contributed by atoms with Crippen molar-refractivity contribution in [3.8, 4) is 11.5 Å². The predicted octanol–water partition coefficient (Wildman–Crippen LogP) is 6.27. The van der Waals surface area contributed by atoms with E-state index in [0.29, 0.717) is 24.7 Å². The van der Waals surface area contributed by atoms with E-state index in [-0.39, 0.29) is 25.0 Å². The molecule has 0 fully saturated rings. The Morgan fingerprint density at radius 1 is 0.639 bits per heavy atom. The van der Waals surface area contributed by atoms with E-state index in [1.165, 1.54) is 0 Å². The molecule has 0 bridgehead atoms. The number of esters is 2. The lowest BCUT2D eigenvalue weighted by Gasteiger charge is -2.19. The Kier molecular flexibility index (Phi) is 9.57. The highest BCUT2D eigenvalue weighted by Crippen LogP contribution is 2.43. The molecule has 194 valence electrons. The number of carbonyl (C=O) groups excluding carboxylic acids is 2. The van der Waals surface area contributed by atoms with Crippen molar-refractivity contribution in [2.45, 2.75) is 54.4 Å². The fraction of sp³-hybridized carbons (Fsp3) is 0.467. The molecule has 0 aliphatic rings. The van der Waals surface area contributed by atoms with Crippen molar-refractivity contribution in [2.75, 3.05) is 26.4 Å². The summed E-state index contributed by atoms with van der Waals surface area (Å²) in [7, 11) is 0. The van der Waals surface area contributed by atoms with Gasteiger partial charge in [-0.25, -0.2) is 9.59 Å². The summed E-state index contributed by atoms with van der Waals surface area (Å²) >= 11 is 0. The number of carbonyl (C=O) groups is 2. The largest absolute Gasteiger partial charge is 0.481 e. The third-order valence-electron chi connectivity index (χ3n) is 5.79. The lowest BCUT2D eigenvalue weighted by molar-refractivity contribution is -0.147. The Labute approximate surface area is 213 Å². The minimum Gasteiger partial charge on any atom is -0.481 e. The van der Waals surface area contributed by atoms with Crippen LogP contribution in [-0.2, 0) is 31.9 Å². The molecule has 3 aromatic carbocycles. The van der Waals surface area contributed by atoms with Crippen molar-refractivity contribution >= 4 is 33.5 Å². The number of ether oxygens (including phenoxy) is 4. The number of rotatable bonds is 12. The summed E-state index contributed by atoms with van der Waals surface area (Å²) < 4.78 is 22.9. The van der Waals surface area contributed by atoms with Crippen LogP contribution in [0.3, 0.4) is 0 Å². The van der Waals surface area contributed by atoms with Gasteiger partial charge in [-0.3, -0.25) is 0 Å². The fourth-order valence-corrected chi connectivity index (χ4v) is 3.86. The van der Waals surface area contributed by atoms with Crippen LogP contribution in [-0.4, -0.2) is 38.4 Å². The van der Waals surface area contributed by atoms with Gasteiger partial charge in [0, 0.05) is 21.5 Å². The molecule has 0 heterocycles. The van der Waals surface area contributed by atoms with Crippen LogP contribution in [0.4, 0.5) is 0 Å². The molecule has 6 heteroatoms. The molecule has 0 aromatic heterocycles. The molecule has 0 saturated heterocycles. The first kappa shape index (κ1) is 27.3. The molecule has 0 amide bonds. The van der Waals surface area contributed by atoms with E-state index in [2.05, 4.69) is 26.0 Å². The standard InChI is InChI=1S/C30H38O6/c1-7-21-9-11-23-25(13-21)29(35-17-27(31)33-15-19(3)4)24-12-10-22(8-2)14-26(24)30(23)36-18-28(32)34-16-20(5)6/h9-14,19-20H,7-8,15-18H2,1-6H3. The third kappa shape index (κ3) is 6.90. The Morgan fingerprint density at radius 2 is 1.03 bits per heavy atom. The predicted molar refractivity (Wildman–Crippen MR) is 143 cm³/mol. The highest BCUT2D eigenvalue weighted by Gasteiger charge is 2.20. The molecular weight excluding hydrogens is 456 g/mol. The van der Waals surface area contributed by atoms with Gasteiger partial charge in [-0.15, -0.1) is 0 Å². The lowest BCUT2D eigenvalue weighted by atomic mass is 9.96. The maximum atomic E-state index is 12.3. The van der Waals surface area contributed by atoms with E-state index in [1.54, 1.807) is 0 Å². The summed E-state index contributed by atoms with van der Waals surface area (Å²) in [6, 6.07) is 12.2. The van der Waals surface area contributed by atoms with E-state index < -0.39 is 11.9 Å². The topological polar surface area (TPSA) is 71.1 Å². The zero-order chi connectivity index (χ0) is 26.2. The van der Waals surface area contributed by atoms with E-state index in [4.69, 9.17) is 18.9 Å². The molecule has 6 nitrogen and oxygen atoms in total. The van der Waals surface area contributed by atoms with Crippen LogP contribution in [0.15, 0.2) is 36.4 Å². The molecular formula is C30H38O6. The first-order valence-corrected chi connectivity index (χ1v) is 12.8. The number of benzene rings is 3. The smallest absolute Gasteiger partial charge is 0.344 e. The highest BCUT2D eigenvalue weighted by atomic mass is 16.6. The van der Waals surface area contributed by atoms with E-state index >= 15 is 0 Å². The molecule has 0 aliphatic carbocycles. The third-order valence-corrected chi connectivity index (χ3v) is 5.79. The van der Waals surface area contributed by atoms with Gasteiger partial charge in [0.15, 0.2) is 13.2 Å². The monoisotopic (exact) mass is 494 g/mol. The van der Waals surface area contributed by atoms with Crippen LogP contribution in [0.5, 0.6) is 11.5 Å². The zero-order valence-electron chi connectivity index (χ0n) is 22.3. The molecule has 3 aromatic rings. The van der Waals surface area contributed by atoms with Gasteiger partial charge < -0.3 is 18.9 Å². The van der Waals surface area contributed by atoms with E-state index in [0.717, 1.165) is 45.5 Å². The van der Waals surface area contributed by atoms with Gasteiger partial charge in [-0.2, -0.15) is 0 Å². The van der Waals surface area contributed by atoms with Crippen LogP contribution in [0.2, 0.25) is 0 Å². The molecule has 0 radical (unpaired) electrons. The van der Waals surface area contributed by atoms with E-state index in [9.17, 15) is 9.59 Å². The maximum Gasteiger partial charge on any atom is 0.344 e. The molecule has 0 unspecified atom stereocenters. The van der Waals surface area contributed by atoms with E-state index in [1.807, 2.05) is 52.0 Å². The summed E-state index contributed by atoms with van der Waals surface area (Å²) in [5.41, 5.74) is 2.25. The quantitative estimate of drug-likeness (QED) is 0.218. The van der Waals surface area contributed by atoms with Gasteiger partial charge in [0.05, 0.1) is 13.2 Å². The van der Waals surface area contributed by atoms with Crippen molar-refractivity contribution in [1.82, 2.24) is 0 Å². The maximum absolute atomic E-state index is 12.3. The molecule has 0 N–H and O–H groups in total. The summed E-state index contributed by atoms with van der Waals surface area (Å²) in [6.07, 6.45) is 1.69. The first-order chi connectivity index (χ1) is 17.2. The normalized spacial score (nSPS) is 11.3. The van der Waals surface area contributed by atoms with Crippen molar-refractivity contribution in [3.05, 3.63) is 47.5 Å². The SMILES string of the molecule is CCc1ccc2c(OCC(=O)OCC(C)C)c3cc(CC)ccc3c(OCC(=O)OCC(C)C)c2c1. The Bertz CT molecular complexity index is 1120. The van der Waals surface area contributed by atoms with Crippen LogP contribution >= 0.6 is 0 Å². The van der Waals surface area contributed by atoms with Crippen LogP contribution in [0.1, 0.15) is 52.7 Å². The van der Waals surface area contributed by atoms with Crippen LogP contribution < -0.4 is 9.47 Å². The number of aryl methyl sites for hydroxylation is 2. The number of hydrogen-bond donors (Lipinski definition) is 0. The average Bonchev–Trinajstić information content (AvgIpc) is 2.87. The van der Waals surface area contributed by atoms with Crippen molar-refractivity contribution in [2.24, 2.45) is 11.8 Å². The van der Waals surface area contributed by atoms with Crippen molar-refractivity contribution < 1.29 is 28.5 Å². The van der Waals surface area contributed by atoms with Gasteiger partial charge in [-0.1, -0.05) is 65.8 Å². The highest BCUT2D eigenvalue weighted by molar-refractivity contribution is 6.11. The van der Waals surface area contributed by atoms with Crippen molar-refractivity contribution in [1.29, 1.82) is 0 Å². The molecule has 0 aliphatic heterocycles. The second-order valence-electron chi connectivity index (χ2n) is 9.86.